The number of carbonyl (C=O) groups excluding carboxylic acids is 3. The lowest BCUT2D eigenvalue weighted by Gasteiger charge is -2.14. The largest absolute Gasteiger partial charge is 0.323 e. The molecule has 16 heavy (non-hydrogen) atoms. The smallest absolute Gasteiger partial charge is 0.221 e. The average Bonchev–Trinajstić information content (AvgIpc) is 2.25. The number of hydrogen-bond donors (Lipinski definition) is 1. The molecule has 0 bridgehead atoms. The molecule has 0 radical (unpaired) electrons. The summed E-state index contributed by atoms with van der Waals surface area (Å²) in [6.45, 7) is 1.29. The Morgan fingerprint density at radius 1 is 1.12 bits per heavy atom. The minimum absolute atomic E-state index is 0.0381. The molecule has 0 aliphatic heterocycles. The molecule has 0 spiro atoms. The van der Waals surface area contributed by atoms with Gasteiger partial charge in [-0.25, -0.2) is 0 Å². The Morgan fingerprint density at radius 2 is 1.75 bits per heavy atom. The van der Waals surface area contributed by atoms with Crippen LogP contribution in [0.15, 0.2) is 36.0 Å². The van der Waals surface area contributed by atoms with Crippen molar-refractivity contribution < 1.29 is 14.4 Å². The van der Waals surface area contributed by atoms with Crippen LogP contribution in [0.4, 0.5) is 0 Å². The number of nitrogens with one attached hydrogen (secondary N) is 1. The number of ketones is 2. The fourth-order valence-electron chi connectivity index (χ4n) is 1.60. The number of allylic oxidation sites excluding steroid dienone is 2. The third kappa shape index (κ3) is 1.65. The van der Waals surface area contributed by atoms with Gasteiger partial charge in [-0.05, 0) is 0 Å². The van der Waals surface area contributed by atoms with Gasteiger partial charge in [-0.1, -0.05) is 24.3 Å². The third-order valence-corrected chi connectivity index (χ3v) is 2.27. The quantitative estimate of drug-likeness (QED) is 0.762. The van der Waals surface area contributed by atoms with Gasteiger partial charge in [-0.15, -0.1) is 0 Å². The van der Waals surface area contributed by atoms with Crippen LogP contribution in [0.25, 0.3) is 0 Å². The lowest BCUT2D eigenvalue weighted by atomic mass is 9.93. The molecule has 0 aromatic heterocycles. The molecule has 1 aromatic carbocycles. The average molecular weight is 215 g/mol. The van der Waals surface area contributed by atoms with Crippen LogP contribution in [0.3, 0.4) is 0 Å². The normalized spacial score (nSPS) is 14.2. The van der Waals surface area contributed by atoms with Crippen LogP contribution < -0.4 is 5.32 Å². The van der Waals surface area contributed by atoms with E-state index in [0.717, 1.165) is 6.08 Å². The molecule has 0 unspecified atom stereocenters. The molecule has 0 fully saturated rings. The molecule has 1 N–H and O–H groups in total. The predicted octanol–water partition coefficient (Wildman–Crippen LogP) is 1.09. The predicted molar refractivity (Wildman–Crippen MR) is 57.0 cm³/mol. The minimum Gasteiger partial charge on any atom is -0.323 e. The van der Waals surface area contributed by atoms with Crippen LogP contribution >= 0.6 is 0 Å². The van der Waals surface area contributed by atoms with Gasteiger partial charge in [0, 0.05) is 24.1 Å². The maximum Gasteiger partial charge on any atom is 0.221 e. The highest BCUT2D eigenvalue weighted by Crippen LogP contribution is 2.19. The highest BCUT2D eigenvalue weighted by atomic mass is 16.2. The zero-order valence-electron chi connectivity index (χ0n) is 8.61. The maximum atomic E-state index is 11.9. The first-order valence-corrected chi connectivity index (χ1v) is 4.77. The van der Waals surface area contributed by atoms with Gasteiger partial charge in [0.15, 0.2) is 5.78 Å². The lowest BCUT2D eigenvalue weighted by molar-refractivity contribution is -0.118. The van der Waals surface area contributed by atoms with E-state index in [-0.39, 0.29) is 23.2 Å². The molecular weight excluding hydrogens is 206 g/mol. The summed E-state index contributed by atoms with van der Waals surface area (Å²) in [6, 6.07) is 6.54. The van der Waals surface area contributed by atoms with Crippen molar-refractivity contribution in [1.82, 2.24) is 5.32 Å². The Hall–Kier alpha value is -2.23. The van der Waals surface area contributed by atoms with Crippen LogP contribution in [-0.2, 0) is 4.79 Å². The van der Waals surface area contributed by atoms with Crippen molar-refractivity contribution in [2.75, 3.05) is 0 Å². The Morgan fingerprint density at radius 3 is 2.38 bits per heavy atom. The van der Waals surface area contributed by atoms with E-state index in [0.29, 0.717) is 11.1 Å². The van der Waals surface area contributed by atoms with Crippen LogP contribution in [0, 0.1) is 0 Å². The molecule has 1 aromatic rings. The molecular formula is C12H9NO3. The maximum absolute atomic E-state index is 11.9. The van der Waals surface area contributed by atoms with Crippen LogP contribution in [0.1, 0.15) is 27.6 Å². The van der Waals surface area contributed by atoms with E-state index in [4.69, 9.17) is 0 Å². The number of hydrogen-bond acceptors (Lipinski definition) is 3. The van der Waals surface area contributed by atoms with E-state index in [1.54, 1.807) is 24.3 Å². The van der Waals surface area contributed by atoms with Gasteiger partial charge in [0.2, 0.25) is 11.7 Å². The van der Waals surface area contributed by atoms with E-state index in [1.807, 2.05) is 0 Å². The number of benzene rings is 1. The molecule has 4 nitrogen and oxygen atoms in total. The first kappa shape index (κ1) is 10.3. The Kier molecular flexibility index (Phi) is 2.40. The van der Waals surface area contributed by atoms with Crippen molar-refractivity contribution in [3.63, 3.8) is 0 Å². The number of fused-ring (bicyclic) bond motifs is 1. The van der Waals surface area contributed by atoms with Crippen LogP contribution in [0.5, 0.6) is 0 Å². The zero-order valence-corrected chi connectivity index (χ0v) is 8.61. The number of amides is 1. The summed E-state index contributed by atoms with van der Waals surface area (Å²) in [5.41, 5.74) is 0.747. The molecule has 0 heterocycles. The van der Waals surface area contributed by atoms with Gasteiger partial charge in [0.25, 0.3) is 0 Å². The number of rotatable bonds is 1. The van der Waals surface area contributed by atoms with Gasteiger partial charge in [-0.3, -0.25) is 14.4 Å². The van der Waals surface area contributed by atoms with E-state index in [1.165, 1.54) is 6.92 Å². The van der Waals surface area contributed by atoms with Crippen molar-refractivity contribution in [3.05, 3.63) is 47.2 Å². The first-order valence-electron chi connectivity index (χ1n) is 4.77. The fraction of sp³-hybridized carbons (Fsp3) is 0.0833. The van der Waals surface area contributed by atoms with Crippen LogP contribution in [-0.4, -0.2) is 17.5 Å². The molecule has 1 amide bonds. The van der Waals surface area contributed by atoms with Gasteiger partial charge in [0.05, 0.1) is 5.70 Å². The second kappa shape index (κ2) is 3.73. The van der Waals surface area contributed by atoms with E-state index in [2.05, 4.69) is 5.32 Å². The van der Waals surface area contributed by atoms with Gasteiger partial charge < -0.3 is 5.32 Å². The zero-order chi connectivity index (χ0) is 11.7. The van der Waals surface area contributed by atoms with Crippen molar-refractivity contribution >= 4 is 17.5 Å². The Labute approximate surface area is 92.0 Å². The first-order chi connectivity index (χ1) is 7.59. The number of carbonyl (C=O) groups is 3. The molecule has 80 valence electrons. The number of Topliss-reactive ketones (excluding diaryl/α,β-unsaturated/α-hetero) is 1. The molecule has 4 heteroatoms. The highest BCUT2D eigenvalue weighted by molar-refractivity contribution is 6.25. The SMILES string of the molecule is CC(=O)NC1=CC(=O)c2ccccc2C1=O. The van der Waals surface area contributed by atoms with Gasteiger partial charge in [0.1, 0.15) is 0 Å². The van der Waals surface area contributed by atoms with E-state index >= 15 is 0 Å². The van der Waals surface area contributed by atoms with Crippen LogP contribution in [0.2, 0.25) is 0 Å². The van der Waals surface area contributed by atoms with Crippen molar-refractivity contribution in [2.24, 2.45) is 0 Å². The van der Waals surface area contributed by atoms with Gasteiger partial charge in [-0.2, -0.15) is 0 Å². The molecule has 0 saturated carbocycles. The van der Waals surface area contributed by atoms with Crippen molar-refractivity contribution in [3.8, 4) is 0 Å². The molecule has 0 atom stereocenters. The molecule has 1 aliphatic rings. The molecule has 0 saturated heterocycles. The van der Waals surface area contributed by atoms with E-state index < -0.39 is 0 Å². The van der Waals surface area contributed by atoms with Crippen molar-refractivity contribution in [2.45, 2.75) is 6.92 Å². The standard InChI is InChI=1S/C12H9NO3/c1-7(14)13-10-6-11(15)8-4-2-3-5-9(8)12(10)16/h2-6H,1H3,(H,13,14). The Balaban J connectivity index is 2.47. The monoisotopic (exact) mass is 215 g/mol. The lowest BCUT2D eigenvalue weighted by Crippen LogP contribution is -2.29. The summed E-state index contributed by atoms with van der Waals surface area (Å²) in [5.74, 6) is -0.962. The summed E-state index contributed by atoms with van der Waals surface area (Å²) in [6.07, 6.45) is 1.16. The van der Waals surface area contributed by atoms with Gasteiger partial charge >= 0.3 is 0 Å². The molecule has 1 aliphatic carbocycles. The van der Waals surface area contributed by atoms with Crippen molar-refractivity contribution in [1.29, 1.82) is 0 Å². The summed E-state index contributed by atoms with van der Waals surface area (Å²) in [7, 11) is 0. The summed E-state index contributed by atoms with van der Waals surface area (Å²) in [5, 5.41) is 2.35. The fourth-order valence-corrected chi connectivity index (χ4v) is 1.60. The summed E-state index contributed by atoms with van der Waals surface area (Å²) in [4.78, 5) is 34.4. The minimum atomic E-state index is -0.369. The third-order valence-electron chi connectivity index (χ3n) is 2.27. The molecule has 2 rings (SSSR count). The summed E-state index contributed by atoms with van der Waals surface area (Å²) < 4.78 is 0. The Bertz CT molecular complexity index is 529. The second-order valence-electron chi connectivity index (χ2n) is 3.48. The second-order valence-corrected chi connectivity index (χ2v) is 3.48. The summed E-state index contributed by atoms with van der Waals surface area (Å²) >= 11 is 0. The van der Waals surface area contributed by atoms with E-state index in [9.17, 15) is 14.4 Å². The highest BCUT2D eigenvalue weighted by Gasteiger charge is 2.25. The topological polar surface area (TPSA) is 63.2 Å².